The van der Waals surface area contributed by atoms with Crippen LogP contribution in [0.15, 0.2) is 164 Å². The van der Waals surface area contributed by atoms with Gasteiger partial charge in [0.25, 0.3) is 0 Å². The molecule has 0 radical (unpaired) electrons. The zero-order valence-corrected chi connectivity index (χ0v) is 26.1. The minimum atomic E-state index is -0.0321. The molecule has 2 atom stereocenters. The molecule has 2 heterocycles. The van der Waals surface area contributed by atoms with E-state index in [4.69, 9.17) is 4.74 Å². The van der Waals surface area contributed by atoms with Gasteiger partial charge in [0.1, 0.15) is 11.8 Å². The molecular weight excluding hydrogens is 583 g/mol. The van der Waals surface area contributed by atoms with E-state index >= 15 is 0 Å². The van der Waals surface area contributed by atoms with Crippen molar-refractivity contribution in [1.82, 2.24) is 0 Å². The Morgan fingerprint density at radius 3 is 1.83 bits per heavy atom. The van der Waals surface area contributed by atoms with E-state index in [2.05, 4.69) is 169 Å². The van der Waals surface area contributed by atoms with E-state index in [1.165, 1.54) is 87.8 Å². The highest BCUT2D eigenvalue weighted by Gasteiger charge is 2.47. The molecule has 0 saturated carbocycles. The Balaban J connectivity index is 1.14. The van der Waals surface area contributed by atoms with Crippen molar-refractivity contribution in [2.75, 3.05) is 4.90 Å². The van der Waals surface area contributed by atoms with Crippen LogP contribution in [-0.4, -0.2) is 0 Å². The Kier molecular flexibility index (Phi) is 5.25. The zero-order chi connectivity index (χ0) is 31.3. The first kappa shape index (κ1) is 26.0. The summed E-state index contributed by atoms with van der Waals surface area (Å²) in [6, 6.07) is 60.1. The summed E-state index contributed by atoms with van der Waals surface area (Å²) in [5.41, 5.74) is 9.96. The van der Waals surface area contributed by atoms with Gasteiger partial charge in [0, 0.05) is 27.9 Å². The second-order valence-corrected chi connectivity index (χ2v) is 13.1. The summed E-state index contributed by atoms with van der Waals surface area (Å²) in [4.78, 5) is 2.52. The minimum absolute atomic E-state index is 0.0321. The number of para-hydroxylation sites is 2. The molecule has 0 bridgehead atoms. The Morgan fingerprint density at radius 2 is 1.00 bits per heavy atom. The summed E-state index contributed by atoms with van der Waals surface area (Å²) in [7, 11) is 0. The number of anilines is 2. The van der Waals surface area contributed by atoms with Crippen LogP contribution in [0.3, 0.4) is 0 Å². The average Bonchev–Trinajstić information content (AvgIpc) is 3.68. The van der Waals surface area contributed by atoms with Crippen LogP contribution < -0.4 is 9.64 Å². The number of nitrogens with zero attached hydrogens (tertiary/aromatic N) is 1. The lowest BCUT2D eigenvalue weighted by Gasteiger charge is -2.28. The number of ether oxygens (including phenoxy) is 1. The van der Waals surface area contributed by atoms with Gasteiger partial charge in [-0.25, -0.2) is 0 Å². The maximum atomic E-state index is 6.61. The van der Waals surface area contributed by atoms with Gasteiger partial charge in [-0.05, 0) is 78.2 Å². The molecule has 48 heavy (non-hydrogen) atoms. The van der Waals surface area contributed by atoms with Crippen LogP contribution in [0, 0.1) is 0 Å². The highest BCUT2D eigenvalue weighted by atomic mass is 16.5. The normalized spacial score (nSPS) is 16.5. The van der Waals surface area contributed by atoms with E-state index in [1.807, 2.05) is 0 Å². The van der Waals surface area contributed by atoms with Crippen molar-refractivity contribution in [2.24, 2.45) is 0 Å². The Hall–Kier alpha value is -6.12. The maximum Gasteiger partial charge on any atom is 0.151 e. The van der Waals surface area contributed by atoms with Gasteiger partial charge in [0.2, 0.25) is 0 Å². The lowest BCUT2D eigenvalue weighted by molar-refractivity contribution is 0.223. The van der Waals surface area contributed by atoms with Gasteiger partial charge in [-0.2, -0.15) is 0 Å². The first-order valence-electron chi connectivity index (χ1n) is 16.8. The largest absolute Gasteiger partial charge is 0.483 e. The number of hydrogen-bond acceptors (Lipinski definition) is 2. The lowest BCUT2D eigenvalue weighted by Crippen LogP contribution is -2.20. The Morgan fingerprint density at radius 1 is 0.396 bits per heavy atom. The van der Waals surface area contributed by atoms with Gasteiger partial charge in [0.15, 0.2) is 6.10 Å². The van der Waals surface area contributed by atoms with E-state index in [0.717, 1.165) is 5.75 Å². The molecule has 224 valence electrons. The molecule has 9 aromatic rings. The molecule has 9 aromatic carbocycles. The highest BCUT2D eigenvalue weighted by molar-refractivity contribution is 6.28. The smallest absolute Gasteiger partial charge is 0.151 e. The number of rotatable bonds is 3. The second kappa shape index (κ2) is 9.70. The monoisotopic (exact) mass is 611 g/mol. The molecule has 2 unspecified atom stereocenters. The Labute approximate surface area is 278 Å². The fourth-order valence-electron chi connectivity index (χ4n) is 8.73. The van der Waals surface area contributed by atoms with Crippen molar-refractivity contribution in [3.8, 4) is 28.0 Å². The molecule has 0 aromatic heterocycles. The first-order valence-corrected chi connectivity index (χ1v) is 16.8. The first-order chi connectivity index (χ1) is 23.8. The summed E-state index contributed by atoms with van der Waals surface area (Å²) >= 11 is 0. The lowest BCUT2D eigenvalue weighted by atomic mass is 9.86. The molecule has 0 N–H and O–H groups in total. The van der Waals surface area contributed by atoms with Crippen LogP contribution in [0.25, 0.3) is 65.3 Å². The molecule has 11 rings (SSSR count). The van der Waals surface area contributed by atoms with Crippen molar-refractivity contribution >= 4 is 54.5 Å². The van der Waals surface area contributed by atoms with Gasteiger partial charge >= 0.3 is 0 Å². The topological polar surface area (TPSA) is 12.5 Å². The Bertz CT molecular complexity index is 2730. The van der Waals surface area contributed by atoms with E-state index in [9.17, 15) is 0 Å². The number of benzene rings is 9. The minimum Gasteiger partial charge on any atom is -0.483 e. The van der Waals surface area contributed by atoms with Crippen molar-refractivity contribution in [3.63, 3.8) is 0 Å². The van der Waals surface area contributed by atoms with E-state index in [1.54, 1.807) is 0 Å². The van der Waals surface area contributed by atoms with E-state index in [0.29, 0.717) is 0 Å². The molecule has 0 aliphatic carbocycles. The SMILES string of the molecule is c1ccc(-c2ccc3ccc4c(-c5cccc6c(N7c8ccccc8C8Oc9ccccc9C87)cccc56)ccc5ccc2c3c54)cc1. The van der Waals surface area contributed by atoms with Crippen molar-refractivity contribution in [3.05, 3.63) is 175 Å². The standard InChI is InChI=1S/C46H29NO/c1-2-10-28(11-3-1)31-24-20-29-23-27-37-34(25-21-30-22-26-36(31)43(29)44(30)37)32-14-8-16-35-33(32)15-9-18-40(35)47-41-17-6-4-12-38(41)46-45(47)39-13-5-7-19-42(39)48-46/h1-27,45-46H. The van der Waals surface area contributed by atoms with Gasteiger partial charge in [-0.1, -0.05) is 146 Å². The third-order valence-corrected chi connectivity index (χ3v) is 10.8. The van der Waals surface area contributed by atoms with Crippen molar-refractivity contribution in [2.45, 2.75) is 12.1 Å². The third-order valence-electron chi connectivity index (χ3n) is 10.8. The summed E-state index contributed by atoms with van der Waals surface area (Å²) in [5.74, 6) is 0.983. The van der Waals surface area contributed by atoms with Crippen molar-refractivity contribution < 1.29 is 4.74 Å². The molecule has 0 amide bonds. The van der Waals surface area contributed by atoms with Crippen LogP contribution in [0.5, 0.6) is 5.75 Å². The average molecular weight is 612 g/mol. The molecule has 2 aliphatic rings. The third kappa shape index (κ3) is 3.47. The summed E-state index contributed by atoms with van der Waals surface area (Å²) < 4.78 is 6.61. The fraction of sp³-hybridized carbons (Fsp3) is 0.0435. The molecule has 0 fully saturated rings. The van der Waals surface area contributed by atoms with Crippen LogP contribution >= 0.6 is 0 Å². The summed E-state index contributed by atoms with van der Waals surface area (Å²) in [6.07, 6.45) is -0.0321. The van der Waals surface area contributed by atoms with Crippen LogP contribution in [0.1, 0.15) is 23.3 Å². The molecule has 0 spiro atoms. The molecule has 2 aliphatic heterocycles. The maximum absolute atomic E-state index is 6.61. The van der Waals surface area contributed by atoms with Gasteiger partial charge in [-0.15, -0.1) is 0 Å². The van der Waals surface area contributed by atoms with E-state index < -0.39 is 0 Å². The second-order valence-electron chi connectivity index (χ2n) is 13.1. The summed E-state index contributed by atoms with van der Waals surface area (Å²) in [5, 5.41) is 10.3. The van der Waals surface area contributed by atoms with Crippen LogP contribution in [0.4, 0.5) is 11.4 Å². The molecule has 2 nitrogen and oxygen atoms in total. The molecule has 2 heteroatoms. The highest BCUT2D eigenvalue weighted by Crippen LogP contribution is 2.59. The zero-order valence-electron chi connectivity index (χ0n) is 26.1. The van der Waals surface area contributed by atoms with E-state index in [-0.39, 0.29) is 12.1 Å². The molecular formula is C46H29NO. The molecule has 0 saturated heterocycles. The number of fused-ring (bicyclic) bond motifs is 6. The van der Waals surface area contributed by atoms with Crippen LogP contribution in [-0.2, 0) is 0 Å². The predicted molar refractivity (Wildman–Crippen MR) is 200 cm³/mol. The predicted octanol–water partition coefficient (Wildman–Crippen LogP) is 12.4. The number of hydrogen-bond donors (Lipinski definition) is 0. The van der Waals surface area contributed by atoms with Crippen LogP contribution in [0.2, 0.25) is 0 Å². The van der Waals surface area contributed by atoms with Gasteiger partial charge in [0.05, 0.1) is 0 Å². The van der Waals surface area contributed by atoms with Gasteiger partial charge in [-0.3, -0.25) is 0 Å². The summed E-state index contributed by atoms with van der Waals surface area (Å²) in [6.45, 7) is 0. The quantitative estimate of drug-likeness (QED) is 0.184. The fourth-order valence-corrected chi connectivity index (χ4v) is 8.73. The van der Waals surface area contributed by atoms with Gasteiger partial charge < -0.3 is 9.64 Å². The van der Waals surface area contributed by atoms with Crippen molar-refractivity contribution in [1.29, 1.82) is 0 Å².